The summed E-state index contributed by atoms with van der Waals surface area (Å²) in [6.07, 6.45) is 8.29. The van der Waals surface area contributed by atoms with Gasteiger partial charge in [-0.25, -0.2) is 0 Å². The topological polar surface area (TPSA) is 35.6 Å². The number of nitrogens with zero attached hydrogens (tertiary/aromatic N) is 2. The van der Waals surface area contributed by atoms with Crippen molar-refractivity contribution in [1.29, 1.82) is 0 Å². The highest BCUT2D eigenvalue weighted by molar-refractivity contribution is 6.30. The van der Waals surface area contributed by atoms with Gasteiger partial charge in [0.2, 0.25) is 5.91 Å². The maximum atomic E-state index is 12.5. The zero-order valence-corrected chi connectivity index (χ0v) is 18.1. The van der Waals surface area contributed by atoms with Gasteiger partial charge in [0, 0.05) is 36.6 Å². The molecule has 156 valence electrons. The van der Waals surface area contributed by atoms with Crippen LogP contribution in [0.2, 0.25) is 5.02 Å². The number of halogens is 1. The van der Waals surface area contributed by atoms with Crippen molar-refractivity contribution in [3.05, 3.63) is 34.9 Å². The molecule has 0 aliphatic carbocycles. The van der Waals surface area contributed by atoms with Crippen LogP contribution in [0.4, 0.5) is 0 Å². The molecule has 1 amide bonds. The summed E-state index contributed by atoms with van der Waals surface area (Å²) in [5, 5.41) is 3.98. The molecule has 1 N–H and O–H groups in total. The number of nitrogens with one attached hydrogen (secondary N) is 1. The quantitative estimate of drug-likeness (QED) is 0.654. The van der Waals surface area contributed by atoms with Crippen LogP contribution in [0.25, 0.3) is 0 Å². The molecule has 2 fully saturated rings. The Balaban J connectivity index is 1.31. The lowest BCUT2D eigenvalue weighted by Gasteiger charge is -2.35. The van der Waals surface area contributed by atoms with E-state index in [0.29, 0.717) is 0 Å². The lowest BCUT2D eigenvalue weighted by atomic mass is 9.95. The van der Waals surface area contributed by atoms with Crippen molar-refractivity contribution in [2.45, 2.75) is 64.5 Å². The number of benzene rings is 1. The highest BCUT2D eigenvalue weighted by Crippen LogP contribution is 2.21. The maximum absolute atomic E-state index is 12.5. The van der Waals surface area contributed by atoms with Gasteiger partial charge < -0.3 is 10.2 Å². The second-order valence-electron chi connectivity index (χ2n) is 8.42. The van der Waals surface area contributed by atoms with E-state index < -0.39 is 0 Å². The first-order chi connectivity index (χ1) is 13.7. The fourth-order valence-corrected chi connectivity index (χ4v) is 4.78. The summed E-state index contributed by atoms with van der Waals surface area (Å²) in [6.45, 7) is 8.40. The minimum absolute atomic E-state index is 0.180. The van der Waals surface area contributed by atoms with Crippen molar-refractivity contribution in [3.8, 4) is 0 Å². The van der Waals surface area contributed by atoms with Crippen LogP contribution in [0.15, 0.2) is 24.3 Å². The predicted molar refractivity (Wildman–Crippen MR) is 117 cm³/mol. The Hall–Kier alpha value is -1.10. The molecule has 2 saturated heterocycles. The molecule has 2 aliphatic rings. The molecule has 28 heavy (non-hydrogen) atoms. The fourth-order valence-electron chi connectivity index (χ4n) is 4.66. The van der Waals surface area contributed by atoms with Gasteiger partial charge in [0.15, 0.2) is 0 Å². The van der Waals surface area contributed by atoms with Crippen molar-refractivity contribution in [2.24, 2.45) is 5.92 Å². The van der Waals surface area contributed by atoms with Crippen molar-refractivity contribution in [2.75, 3.05) is 32.7 Å². The Labute approximate surface area is 175 Å². The highest BCUT2D eigenvalue weighted by Gasteiger charge is 2.25. The number of hydrogen-bond donors (Lipinski definition) is 1. The minimum atomic E-state index is 0.180. The normalized spacial score (nSPS) is 22.3. The average Bonchev–Trinajstić information content (AvgIpc) is 2.73. The van der Waals surface area contributed by atoms with E-state index in [1.165, 1.54) is 37.8 Å². The predicted octanol–water partition coefficient (Wildman–Crippen LogP) is 4.32. The smallest absolute Gasteiger partial charge is 0.223 e. The van der Waals surface area contributed by atoms with Gasteiger partial charge in [0.1, 0.15) is 0 Å². The third-order valence-corrected chi connectivity index (χ3v) is 6.67. The summed E-state index contributed by atoms with van der Waals surface area (Å²) in [5.74, 6) is 0.441. The lowest BCUT2D eigenvalue weighted by molar-refractivity contribution is -0.126. The molecule has 0 unspecified atom stereocenters. The Morgan fingerprint density at radius 3 is 2.57 bits per heavy atom. The Bertz CT molecular complexity index is 598. The van der Waals surface area contributed by atoms with Crippen molar-refractivity contribution < 1.29 is 4.79 Å². The molecule has 2 aliphatic heterocycles. The number of carbonyl (C=O) groups is 1. The third kappa shape index (κ3) is 6.47. The number of rotatable bonds is 8. The summed E-state index contributed by atoms with van der Waals surface area (Å²) in [5.41, 5.74) is 1.29. The Morgan fingerprint density at radius 2 is 1.86 bits per heavy atom. The standard InChI is InChI=1S/C23H36ClN3O/c1-2-22-6-3-4-14-27(22)15-5-13-25-23(28)20-11-16-26(17-12-20)18-19-7-9-21(24)10-8-19/h7-10,20,22H,2-6,11-18H2,1H3,(H,25,28)/t22-/m1/s1. The monoisotopic (exact) mass is 405 g/mol. The van der Waals surface area contributed by atoms with Gasteiger partial charge in [-0.05, 0) is 75.9 Å². The highest BCUT2D eigenvalue weighted by atomic mass is 35.5. The second-order valence-corrected chi connectivity index (χ2v) is 8.85. The SMILES string of the molecule is CC[C@@H]1CCCCN1CCCNC(=O)C1CCN(Cc2ccc(Cl)cc2)CC1. The van der Waals surface area contributed by atoms with E-state index in [1.54, 1.807) is 0 Å². The molecule has 2 heterocycles. The first-order valence-corrected chi connectivity index (χ1v) is 11.5. The second kappa shape index (κ2) is 11.2. The van der Waals surface area contributed by atoms with E-state index in [9.17, 15) is 4.79 Å². The van der Waals surface area contributed by atoms with Crippen LogP contribution in [-0.2, 0) is 11.3 Å². The zero-order chi connectivity index (χ0) is 19.8. The molecule has 0 saturated carbocycles. The molecule has 5 heteroatoms. The van der Waals surface area contributed by atoms with Gasteiger partial charge in [-0.2, -0.15) is 0 Å². The number of piperidine rings is 2. The van der Waals surface area contributed by atoms with E-state index in [2.05, 4.69) is 34.2 Å². The van der Waals surface area contributed by atoms with Gasteiger partial charge in [-0.1, -0.05) is 37.1 Å². The van der Waals surface area contributed by atoms with Crippen molar-refractivity contribution >= 4 is 17.5 Å². The average molecular weight is 406 g/mol. The molecule has 0 radical (unpaired) electrons. The van der Waals surface area contributed by atoms with E-state index in [0.717, 1.165) is 63.1 Å². The first-order valence-electron chi connectivity index (χ1n) is 11.1. The van der Waals surface area contributed by atoms with Gasteiger partial charge in [0.25, 0.3) is 0 Å². The zero-order valence-electron chi connectivity index (χ0n) is 17.3. The number of carbonyl (C=O) groups excluding carboxylic acids is 1. The van der Waals surface area contributed by atoms with Gasteiger partial charge in [0.05, 0.1) is 0 Å². The van der Waals surface area contributed by atoms with Crippen LogP contribution in [0.3, 0.4) is 0 Å². The van der Waals surface area contributed by atoms with Crippen LogP contribution >= 0.6 is 11.6 Å². The summed E-state index contributed by atoms with van der Waals surface area (Å²) in [6, 6.07) is 8.83. The fraction of sp³-hybridized carbons (Fsp3) is 0.696. The Kier molecular flexibility index (Phi) is 8.63. The maximum Gasteiger partial charge on any atom is 0.223 e. The Morgan fingerprint density at radius 1 is 1.11 bits per heavy atom. The number of likely N-dealkylation sites (tertiary alicyclic amines) is 2. The minimum Gasteiger partial charge on any atom is -0.356 e. The van der Waals surface area contributed by atoms with E-state index >= 15 is 0 Å². The molecule has 1 aromatic carbocycles. The largest absolute Gasteiger partial charge is 0.356 e. The van der Waals surface area contributed by atoms with Crippen molar-refractivity contribution in [3.63, 3.8) is 0 Å². The van der Waals surface area contributed by atoms with E-state index in [4.69, 9.17) is 11.6 Å². The molecule has 0 bridgehead atoms. The molecule has 0 aromatic heterocycles. The molecule has 1 atom stereocenters. The third-order valence-electron chi connectivity index (χ3n) is 6.42. The van der Waals surface area contributed by atoms with Crippen molar-refractivity contribution in [1.82, 2.24) is 15.1 Å². The number of amides is 1. The van der Waals surface area contributed by atoms with Gasteiger partial charge in [-0.3, -0.25) is 9.69 Å². The summed E-state index contributed by atoms with van der Waals surface area (Å²) < 4.78 is 0. The lowest BCUT2D eigenvalue weighted by Crippen LogP contribution is -2.42. The molecular formula is C23H36ClN3O. The van der Waals surface area contributed by atoms with Crippen LogP contribution < -0.4 is 5.32 Å². The van der Waals surface area contributed by atoms with Crippen LogP contribution in [0.5, 0.6) is 0 Å². The van der Waals surface area contributed by atoms with Crippen LogP contribution in [-0.4, -0.2) is 54.5 Å². The van der Waals surface area contributed by atoms with E-state index in [1.807, 2.05) is 12.1 Å². The van der Waals surface area contributed by atoms with Crippen LogP contribution in [0.1, 0.15) is 57.4 Å². The molecule has 4 nitrogen and oxygen atoms in total. The van der Waals surface area contributed by atoms with Gasteiger partial charge >= 0.3 is 0 Å². The van der Waals surface area contributed by atoms with Crippen LogP contribution in [0, 0.1) is 5.92 Å². The first kappa shape index (κ1) is 21.6. The van der Waals surface area contributed by atoms with E-state index in [-0.39, 0.29) is 11.8 Å². The molecule has 1 aromatic rings. The molecule has 3 rings (SSSR count). The summed E-state index contributed by atoms with van der Waals surface area (Å²) >= 11 is 5.96. The molecular weight excluding hydrogens is 370 g/mol. The van der Waals surface area contributed by atoms with Gasteiger partial charge in [-0.15, -0.1) is 0 Å². The molecule has 0 spiro atoms. The summed E-state index contributed by atoms with van der Waals surface area (Å²) in [4.78, 5) is 17.6. The number of hydrogen-bond acceptors (Lipinski definition) is 3. The summed E-state index contributed by atoms with van der Waals surface area (Å²) in [7, 11) is 0.